The Hall–Kier alpha value is -1.73. The quantitative estimate of drug-likeness (QED) is 0.877. The highest BCUT2D eigenvalue weighted by Gasteiger charge is 2.14. The first-order valence-electron chi connectivity index (χ1n) is 6.77. The number of nitrogens with zero attached hydrogens (tertiary/aromatic N) is 3. The lowest BCUT2D eigenvalue weighted by molar-refractivity contribution is -0.138. The summed E-state index contributed by atoms with van der Waals surface area (Å²) < 4.78 is 1.57. The van der Waals surface area contributed by atoms with Crippen LogP contribution in [-0.2, 0) is 11.3 Å². The van der Waals surface area contributed by atoms with Gasteiger partial charge in [0.05, 0.1) is 12.2 Å². The second-order valence-electron chi connectivity index (χ2n) is 5.54. The summed E-state index contributed by atoms with van der Waals surface area (Å²) >= 11 is 1.41. The summed E-state index contributed by atoms with van der Waals surface area (Å²) in [5.41, 5.74) is 1.36. The van der Waals surface area contributed by atoms with E-state index in [1.165, 1.54) is 17.4 Å². The Bertz CT molecular complexity index is 705. The van der Waals surface area contributed by atoms with E-state index in [2.05, 4.69) is 4.98 Å². The molecule has 0 amide bonds. The van der Waals surface area contributed by atoms with Crippen molar-refractivity contribution in [2.24, 2.45) is 5.92 Å². The molecule has 2 rings (SSSR count). The SMILES string of the molecule is Cc1csc2nc(CN(CC(=O)O)CC(C)C)cc(=O)n12. The number of carbonyl (C=O) groups is 1. The molecule has 0 aliphatic heterocycles. The van der Waals surface area contributed by atoms with Gasteiger partial charge in [-0.1, -0.05) is 13.8 Å². The fourth-order valence-corrected chi connectivity index (χ4v) is 3.19. The van der Waals surface area contributed by atoms with Gasteiger partial charge in [-0.2, -0.15) is 0 Å². The maximum absolute atomic E-state index is 12.1. The summed E-state index contributed by atoms with van der Waals surface area (Å²) in [5.74, 6) is -0.529. The van der Waals surface area contributed by atoms with Crippen molar-refractivity contribution in [2.45, 2.75) is 27.3 Å². The zero-order valence-corrected chi connectivity index (χ0v) is 13.2. The highest BCUT2D eigenvalue weighted by atomic mass is 32.1. The monoisotopic (exact) mass is 309 g/mol. The smallest absolute Gasteiger partial charge is 0.317 e. The molecule has 0 radical (unpaired) electrons. The minimum absolute atomic E-state index is 0.0529. The molecule has 2 aromatic rings. The van der Waals surface area contributed by atoms with Gasteiger partial charge in [0.1, 0.15) is 0 Å². The van der Waals surface area contributed by atoms with Crippen molar-refractivity contribution < 1.29 is 9.90 Å². The van der Waals surface area contributed by atoms with Crippen molar-refractivity contribution in [2.75, 3.05) is 13.1 Å². The lowest BCUT2D eigenvalue weighted by Crippen LogP contribution is -2.33. The molecule has 2 aromatic heterocycles. The summed E-state index contributed by atoms with van der Waals surface area (Å²) in [6.45, 7) is 6.89. The normalized spacial score (nSPS) is 11.7. The molecule has 6 nitrogen and oxygen atoms in total. The summed E-state index contributed by atoms with van der Waals surface area (Å²) in [4.78, 5) is 29.9. The van der Waals surface area contributed by atoms with E-state index < -0.39 is 5.97 Å². The van der Waals surface area contributed by atoms with Crippen molar-refractivity contribution in [3.63, 3.8) is 0 Å². The molecule has 0 unspecified atom stereocenters. The molecule has 2 heterocycles. The first kappa shape index (κ1) is 15.7. The second kappa shape index (κ2) is 6.36. The highest BCUT2D eigenvalue weighted by molar-refractivity contribution is 7.15. The van der Waals surface area contributed by atoms with E-state index in [9.17, 15) is 9.59 Å². The number of rotatable bonds is 6. The van der Waals surface area contributed by atoms with E-state index in [0.717, 1.165) is 5.69 Å². The van der Waals surface area contributed by atoms with E-state index in [4.69, 9.17) is 5.11 Å². The third-order valence-corrected chi connectivity index (χ3v) is 3.94. The van der Waals surface area contributed by atoms with Crippen LogP contribution in [0.2, 0.25) is 0 Å². The van der Waals surface area contributed by atoms with Gasteiger partial charge in [0.15, 0.2) is 4.96 Å². The number of hydrogen-bond acceptors (Lipinski definition) is 5. The standard InChI is InChI=1S/C14H19N3O3S/c1-9(2)5-16(7-13(19)20)6-11-4-12(18)17-10(3)8-21-14(17)15-11/h4,8-9H,5-7H2,1-3H3,(H,19,20). The summed E-state index contributed by atoms with van der Waals surface area (Å²) in [6, 6.07) is 1.49. The van der Waals surface area contributed by atoms with Gasteiger partial charge in [0, 0.05) is 30.2 Å². The molecule has 0 saturated heterocycles. The Balaban J connectivity index is 2.27. The molecule has 21 heavy (non-hydrogen) atoms. The van der Waals surface area contributed by atoms with Gasteiger partial charge in [-0.05, 0) is 12.8 Å². The molecular weight excluding hydrogens is 290 g/mol. The Labute approximate surface area is 126 Å². The number of hydrogen-bond donors (Lipinski definition) is 1. The molecule has 1 N–H and O–H groups in total. The Morgan fingerprint density at radius 1 is 1.52 bits per heavy atom. The molecule has 0 bridgehead atoms. The maximum Gasteiger partial charge on any atom is 0.317 e. The zero-order chi connectivity index (χ0) is 15.6. The van der Waals surface area contributed by atoms with E-state index >= 15 is 0 Å². The molecule has 0 fully saturated rings. The van der Waals surface area contributed by atoms with Gasteiger partial charge in [-0.15, -0.1) is 11.3 Å². The molecule has 0 aliphatic carbocycles. The Morgan fingerprint density at radius 3 is 2.86 bits per heavy atom. The molecule has 114 valence electrons. The second-order valence-corrected chi connectivity index (χ2v) is 6.37. The molecule has 7 heteroatoms. The van der Waals surface area contributed by atoms with E-state index in [0.29, 0.717) is 29.7 Å². The van der Waals surface area contributed by atoms with Gasteiger partial charge in [-0.25, -0.2) is 4.98 Å². The zero-order valence-electron chi connectivity index (χ0n) is 12.4. The summed E-state index contributed by atoms with van der Waals surface area (Å²) in [7, 11) is 0. The molecule has 0 saturated carbocycles. The molecule has 0 aliphatic rings. The lowest BCUT2D eigenvalue weighted by atomic mass is 10.2. The average Bonchev–Trinajstić information content (AvgIpc) is 2.69. The molecular formula is C14H19N3O3S. The summed E-state index contributed by atoms with van der Waals surface area (Å²) in [5, 5.41) is 10.9. The van der Waals surface area contributed by atoms with E-state index in [1.807, 2.05) is 26.2 Å². The third kappa shape index (κ3) is 3.89. The first-order valence-corrected chi connectivity index (χ1v) is 7.65. The van der Waals surface area contributed by atoms with E-state index in [1.54, 1.807) is 9.30 Å². The van der Waals surface area contributed by atoms with Crippen molar-refractivity contribution in [3.05, 3.63) is 33.2 Å². The van der Waals surface area contributed by atoms with Crippen LogP contribution < -0.4 is 5.56 Å². The molecule has 0 spiro atoms. The fourth-order valence-electron chi connectivity index (χ4n) is 2.30. The molecule has 0 atom stereocenters. The minimum Gasteiger partial charge on any atom is -0.480 e. The van der Waals surface area contributed by atoms with Crippen LogP contribution in [0.1, 0.15) is 25.2 Å². The predicted octanol–water partition coefficient (Wildman–Crippen LogP) is 1.61. The van der Waals surface area contributed by atoms with Crippen LogP contribution in [0.4, 0.5) is 0 Å². The van der Waals surface area contributed by atoms with Crippen molar-refractivity contribution in [3.8, 4) is 0 Å². The number of fused-ring (bicyclic) bond motifs is 1. The largest absolute Gasteiger partial charge is 0.480 e. The first-order chi connectivity index (χ1) is 9.86. The predicted molar refractivity (Wildman–Crippen MR) is 81.8 cm³/mol. The van der Waals surface area contributed by atoms with E-state index in [-0.39, 0.29) is 12.1 Å². The molecule has 0 aromatic carbocycles. The Morgan fingerprint density at radius 2 is 2.24 bits per heavy atom. The van der Waals surface area contributed by atoms with Crippen LogP contribution in [-0.4, -0.2) is 38.4 Å². The number of thiazole rings is 1. The van der Waals surface area contributed by atoms with Crippen LogP contribution in [0.5, 0.6) is 0 Å². The van der Waals surface area contributed by atoms with Crippen molar-refractivity contribution in [1.29, 1.82) is 0 Å². The van der Waals surface area contributed by atoms with Crippen LogP contribution >= 0.6 is 11.3 Å². The van der Waals surface area contributed by atoms with Gasteiger partial charge < -0.3 is 5.11 Å². The van der Waals surface area contributed by atoms with Crippen LogP contribution in [0.25, 0.3) is 4.96 Å². The number of aromatic nitrogens is 2. The van der Waals surface area contributed by atoms with Gasteiger partial charge in [-0.3, -0.25) is 18.9 Å². The van der Waals surface area contributed by atoms with Crippen LogP contribution in [0, 0.1) is 12.8 Å². The number of carboxylic acid groups (broad SMARTS) is 1. The lowest BCUT2D eigenvalue weighted by Gasteiger charge is -2.21. The van der Waals surface area contributed by atoms with Gasteiger partial charge >= 0.3 is 5.97 Å². The highest BCUT2D eigenvalue weighted by Crippen LogP contribution is 2.12. The number of aliphatic carboxylic acids is 1. The maximum atomic E-state index is 12.1. The average molecular weight is 309 g/mol. The van der Waals surface area contributed by atoms with Crippen molar-refractivity contribution >= 4 is 22.3 Å². The van der Waals surface area contributed by atoms with Gasteiger partial charge in [0.2, 0.25) is 0 Å². The summed E-state index contributed by atoms with van der Waals surface area (Å²) in [6.07, 6.45) is 0. The minimum atomic E-state index is -0.875. The fraction of sp³-hybridized carbons (Fsp3) is 0.500. The topological polar surface area (TPSA) is 74.9 Å². The van der Waals surface area contributed by atoms with Crippen molar-refractivity contribution in [1.82, 2.24) is 14.3 Å². The van der Waals surface area contributed by atoms with Crippen LogP contribution in [0.15, 0.2) is 16.2 Å². The third-order valence-electron chi connectivity index (χ3n) is 3.00. The van der Waals surface area contributed by atoms with Crippen LogP contribution in [0.3, 0.4) is 0 Å². The number of aryl methyl sites for hydroxylation is 1. The van der Waals surface area contributed by atoms with Gasteiger partial charge in [0.25, 0.3) is 5.56 Å². The Kier molecular flexibility index (Phi) is 4.74. The number of carboxylic acids is 1.